The second-order valence-electron chi connectivity index (χ2n) is 6.35. The summed E-state index contributed by atoms with van der Waals surface area (Å²) in [6, 6.07) is 16.3. The fraction of sp³-hybridized carbons (Fsp3) is 0.0952. The van der Waals surface area contributed by atoms with Crippen molar-refractivity contribution >= 4 is 38.9 Å². The van der Waals surface area contributed by atoms with E-state index in [0.29, 0.717) is 15.1 Å². The summed E-state index contributed by atoms with van der Waals surface area (Å²) in [5.74, 6) is -0.224. The van der Waals surface area contributed by atoms with Crippen molar-refractivity contribution in [2.24, 2.45) is 0 Å². The molecule has 0 saturated carbocycles. The van der Waals surface area contributed by atoms with Crippen molar-refractivity contribution in [3.63, 3.8) is 0 Å². The Kier molecular flexibility index (Phi) is 6.96. The molecule has 0 unspecified atom stereocenters. The number of benzene rings is 3. The van der Waals surface area contributed by atoms with Gasteiger partial charge in [-0.2, -0.15) is 4.31 Å². The molecule has 0 fully saturated rings. The standard InChI is InChI=1S/C21H17ClN2O7S/c1-30-18-8-4-16(5-9-18)23(32(28,29)20-12-2-15(22)3-13-20)21(25)14-31-19-10-6-17(7-11-19)24(26)27/h2-13H,14H2,1H3. The molecule has 0 aliphatic carbocycles. The number of ether oxygens (including phenoxy) is 2. The lowest BCUT2D eigenvalue weighted by Crippen LogP contribution is -2.40. The number of halogens is 1. The van der Waals surface area contributed by atoms with Gasteiger partial charge in [-0.15, -0.1) is 0 Å². The molecule has 11 heteroatoms. The Morgan fingerprint density at radius 1 is 0.969 bits per heavy atom. The van der Waals surface area contributed by atoms with E-state index in [1.165, 1.54) is 79.9 Å². The molecule has 0 radical (unpaired) electrons. The highest BCUT2D eigenvalue weighted by molar-refractivity contribution is 7.93. The average Bonchev–Trinajstić information content (AvgIpc) is 2.78. The third-order valence-electron chi connectivity index (χ3n) is 4.30. The summed E-state index contributed by atoms with van der Waals surface area (Å²) in [6.07, 6.45) is 0. The number of rotatable bonds is 8. The molecule has 0 spiro atoms. The second-order valence-corrected chi connectivity index (χ2v) is 8.58. The average molecular weight is 477 g/mol. The van der Waals surface area contributed by atoms with E-state index in [4.69, 9.17) is 21.1 Å². The van der Waals surface area contributed by atoms with Gasteiger partial charge in [0.15, 0.2) is 6.61 Å². The predicted octanol–water partition coefficient (Wildman–Crippen LogP) is 4.06. The highest BCUT2D eigenvalue weighted by atomic mass is 35.5. The maximum absolute atomic E-state index is 13.3. The van der Waals surface area contributed by atoms with Gasteiger partial charge in [0.2, 0.25) is 0 Å². The third kappa shape index (κ3) is 5.16. The fourth-order valence-corrected chi connectivity index (χ4v) is 4.25. The quantitative estimate of drug-likeness (QED) is 0.355. The molecule has 0 aromatic heterocycles. The summed E-state index contributed by atoms with van der Waals surface area (Å²) in [5, 5.41) is 11.1. The SMILES string of the molecule is COc1ccc(N(C(=O)COc2ccc([N+](=O)[O-])cc2)S(=O)(=O)c2ccc(Cl)cc2)cc1. The lowest BCUT2D eigenvalue weighted by atomic mass is 10.3. The van der Waals surface area contributed by atoms with Crippen LogP contribution in [0.3, 0.4) is 0 Å². The smallest absolute Gasteiger partial charge is 0.278 e. The van der Waals surface area contributed by atoms with Crippen LogP contribution >= 0.6 is 11.6 Å². The highest BCUT2D eigenvalue weighted by Crippen LogP contribution is 2.27. The first-order chi connectivity index (χ1) is 15.2. The van der Waals surface area contributed by atoms with Crippen LogP contribution in [0.15, 0.2) is 77.7 Å². The number of carbonyl (C=O) groups is 1. The lowest BCUT2D eigenvalue weighted by Gasteiger charge is -2.23. The number of anilines is 1. The summed E-state index contributed by atoms with van der Waals surface area (Å²) < 4.78 is 37.6. The van der Waals surface area contributed by atoms with Crippen LogP contribution in [0.4, 0.5) is 11.4 Å². The number of carbonyl (C=O) groups excluding carboxylic acids is 1. The van der Waals surface area contributed by atoms with Gasteiger partial charge in [0.05, 0.1) is 22.6 Å². The zero-order chi connectivity index (χ0) is 23.3. The molecule has 32 heavy (non-hydrogen) atoms. The van der Waals surface area contributed by atoms with Gasteiger partial charge in [-0.3, -0.25) is 14.9 Å². The van der Waals surface area contributed by atoms with Gasteiger partial charge in [-0.05, 0) is 60.7 Å². The number of nitro benzene ring substituents is 1. The summed E-state index contributed by atoms with van der Waals surface area (Å²) in [5.41, 5.74) is -0.0631. The largest absolute Gasteiger partial charge is 0.497 e. The van der Waals surface area contributed by atoms with Crippen LogP contribution in [0.2, 0.25) is 5.02 Å². The molecule has 3 rings (SSSR count). The van der Waals surface area contributed by atoms with Crippen molar-refractivity contribution in [3.05, 3.63) is 87.9 Å². The predicted molar refractivity (Wildman–Crippen MR) is 118 cm³/mol. The number of hydrogen-bond donors (Lipinski definition) is 0. The summed E-state index contributed by atoms with van der Waals surface area (Å²) >= 11 is 5.85. The van der Waals surface area contributed by atoms with E-state index >= 15 is 0 Å². The minimum atomic E-state index is -4.30. The summed E-state index contributed by atoms with van der Waals surface area (Å²) in [6.45, 7) is -0.628. The molecule has 0 aliphatic rings. The molecule has 0 aliphatic heterocycles. The minimum absolute atomic E-state index is 0.0815. The van der Waals surface area contributed by atoms with Gasteiger partial charge in [0, 0.05) is 17.2 Å². The first kappa shape index (κ1) is 23.0. The lowest BCUT2D eigenvalue weighted by molar-refractivity contribution is -0.384. The number of sulfonamides is 1. The molecule has 9 nitrogen and oxygen atoms in total. The third-order valence-corrected chi connectivity index (χ3v) is 6.31. The van der Waals surface area contributed by atoms with Crippen molar-refractivity contribution in [2.75, 3.05) is 18.0 Å². The Morgan fingerprint density at radius 2 is 1.53 bits per heavy atom. The number of methoxy groups -OCH3 is 1. The van der Waals surface area contributed by atoms with Crippen molar-refractivity contribution in [2.45, 2.75) is 4.90 Å². The Bertz CT molecular complexity index is 1210. The van der Waals surface area contributed by atoms with E-state index in [9.17, 15) is 23.3 Å². The first-order valence-corrected chi connectivity index (χ1v) is 10.9. The van der Waals surface area contributed by atoms with E-state index in [2.05, 4.69) is 0 Å². The van der Waals surface area contributed by atoms with E-state index in [0.717, 1.165) is 0 Å². The van der Waals surface area contributed by atoms with E-state index in [1.54, 1.807) is 0 Å². The first-order valence-electron chi connectivity index (χ1n) is 9.07. The molecule has 0 bridgehead atoms. The highest BCUT2D eigenvalue weighted by Gasteiger charge is 2.31. The van der Waals surface area contributed by atoms with Crippen LogP contribution < -0.4 is 13.8 Å². The Morgan fingerprint density at radius 3 is 2.06 bits per heavy atom. The van der Waals surface area contributed by atoms with Crippen molar-refractivity contribution < 1.29 is 27.6 Å². The van der Waals surface area contributed by atoms with E-state index in [1.807, 2.05) is 0 Å². The van der Waals surface area contributed by atoms with Crippen LogP contribution in [-0.4, -0.2) is 33.0 Å². The molecule has 3 aromatic rings. The van der Waals surface area contributed by atoms with Crippen LogP contribution in [0.25, 0.3) is 0 Å². The number of non-ortho nitro benzene ring substituents is 1. The molecule has 0 heterocycles. The molecule has 0 atom stereocenters. The zero-order valence-corrected chi connectivity index (χ0v) is 18.2. The van der Waals surface area contributed by atoms with Gasteiger partial charge in [0.1, 0.15) is 11.5 Å². The van der Waals surface area contributed by atoms with Gasteiger partial charge < -0.3 is 9.47 Å². The molecular weight excluding hydrogens is 460 g/mol. The molecule has 1 amide bonds. The maximum Gasteiger partial charge on any atom is 0.278 e. The Labute approximate surface area is 189 Å². The molecule has 166 valence electrons. The summed E-state index contributed by atoms with van der Waals surface area (Å²) in [7, 11) is -2.84. The van der Waals surface area contributed by atoms with Crippen LogP contribution in [0.5, 0.6) is 11.5 Å². The van der Waals surface area contributed by atoms with E-state index in [-0.39, 0.29) is 22.0 Å². The number of hydrogen-bond acceptors (Lipinski definition) is 7. The topological polar surface area (TPSA) is 116 Å². The normalized spacial score (nSPS) is 10.9. The van der Waals surface area contributed by atoms with Crippen LogP contribution in [-0.2, 0) is 14.8 Å². The van der Waals surface area contributed by atoms with Gasteiger partial charge >= 0.3 is 0 Å². The van der Waals surface area contributed by atoms with Gasteiger partial charge in [-0.1, -0.05) is 11.6 Å². The molecule has 0 N–H and O–H groups in total. The molecular formula is C21H17ClN2O7S. The molecule has 0 saturated heterocycles. The van der Waals surface area contributed by atoms with Crippen molar-refractivity contribution in [1.29, 1.82) is 0 Å². The Hall–Kier alpha value is -3.63. The Balaban J connectivity index is 1.91. The van der Waals surface area contributed by atoms with Crippen molar-refractivity contribution in [3.8, 4) is 11.5 Å². The molecule has 3 aromatic carbocycles. The van der Waals surface area contributed by atoms with Gasteiger partial charge in [0.25, 0.3) is 21.6 Å². The number of nitrogens with zero attached hydrogens (tertiary/aromatic N) is 2. The maximum atomic E-state index is 13.3. The summed E-state index contributed by atoms with van der Waals surface area (Å²) in [4.78, 5) is 23.0. The van der Waals surface area contributed by atoms with E-state index < -0.39 is 27.5 Å². The monoisotopic (exact) mass is 476 g/mol. The zero-order valence-electron chi connectivity index (χ0n) is 16.7. The van der Waals surface area contributed by atoms with Crippen molar-refractivity contribution in [1.82, 2.24) is 0 Å². The minimum Gasteiger partial charge on any atom is -0.497 e. The number of amides is 1. The van der Waals surface area contributed by atoms with Crippen LogP contribution in [0.1, 0.15) is 0 Å². The van der Waals surface area contributed by atoms with Crippen LogP contribution in [0, 0.1) is 10.1 Å². The van der Waals surface area contributed by atoms with Gasteiger partial charge in [-0.25, -0.2) is 8.42 Å². The second kappa shape index (κ2) is 9.67. The number of nitro groups is 1. The fourth-order valence-electron chi connectivity index (χ4n) is 2.71.